The Labute approximate surface area is 167 Å². The summed E-state index contributed by atoms with van der Waals surface area (Å²) < 4.78 is 5.20. The van der Waals surface area contributed by atoms with Gasteiger partial charge in [-0.15, -0.1) is 0 Å². The number of amides is 1. The summed E-state index contributed by atoms with van der Waals surface area (Å²) in [6.45, 7) is 4.14. The van der Waals surface area contributed by atoms with Crippen molar-refractivity contribution in [2.24, 2.45) is 4.99 Å². The lowest BCUT2D eigenvalue weighted by Gasteiger charge is -2.15. The van der Waals surface area contributed by atoms with Crippen LogP contribution in [0.4, 0.5) is 0 Å². The number of nitrogens with zero attached hydrogens (tertiary/aromatic N) is 1. The van der Waals surface area contributed by atoms with Crippen molar-refractivity contribution in [1.82, 2.24) is 16.0 Å². The molecule has 0 aliphatic carbocycles. The van der Waals surface area contributed by atoms with Crippen LogP contribution in [0.15, 0.2) is 59.6 Å². The highest BCUT2D eigenvalue weighted by molar-refractivity contribution is 5.94. The zero-order valence-electron chi connectivity index (χ0n) is 16.9. The lowest BCUT2D eigenvalue weighted by atomic mass is 9.98. The molecule has 6 heteroatoms. The van der Waals surface area contributed by atoms with Crippen LogP contribution in [0.25, 0.3) is 0 Å². The SMILES string of the molecule is CN=C(NCCNC(=O)c1ccccc1)NCCC(C)c1ccc(OC)cc1. The maximum atomic E-state index is 12.0. The summed E-state index contributed by atoms with van der Waals surface area (Å²) in [6, 6.07) is 17.4. The van der Waals surface area contributed by atoms with Gasteiger partial charge in [0.1, 0.15) is 5.75 Å². The molecule has 0 aromatic heterocycles. The van der Waals surface area contributed by atoms with Crippen molar-refractivity contribution in [3.05, 3.63) is 65.7 Å². The van der Waals surface area contributed by atoms with Gasteiger partial charge in [-0.3, -0.25) is 9.79 Å². The first-order valence-electron chi connectivity index (χ1n) is 9.55. The molecule has 3 N–H and O–H groups in total. The van der Waals surface area contributed by atoms with Crippen molar-refractivity contribution < 1.29 is 9.53 Å². The summed E-state index contributed by atoms with van der Waals surface area (Å²) in [7, 11) is 3.42. The van der Waals surface area contributed by atoms with Crippen molar-refractivity contribution in [2.75, 3.05) is 33.8 Å². The number of methoxy groups -OCH3 is 1. The van der Waals surface area contributed by atoms with Crippen LogP contribution in [0, 0.1) is 0 Å². The average Bonchev–Trinajstić information content (AvgIpc) is 2.75. The molecule has 0 aliphatic heterocycles. The van der Waals surface area contributed by atoms with E-state index in [2.05, 4.69) is 40.0 Å². The van der Waals surface area contributed by atoms with E-state index in [9.17, 15) is 4.79 Å². The second-order valence-corrected chi connectivity index (χ2v) is 6.51. The van der Waals surface area contributed by atoms with Gasteiger partial charge < -0.3 is 20.7 Å². The topological polar surface area (TPSA) is 74.8 Å². The van der Waals surface area contributed by atoms with Gasteiger partial charge in [-0.2, -0.15) is 0 Å². The molecule has 150 valence electrons. The molecule has 2 aromatic carbocycles. The lowest BCUT2D eigenvalue weighted by molar-refractivity contribution is 0.0954. The van der Waals surface area contributed by atoms with E-state index in [1.807, 2.05) is 30.3 Å². The number of rotatable bonds is 9. The van der Waals surface area contributed by atoms with Crippen LogP contribution in [0.5, 0.6) is 5.75 Å². The normalized spacial score (nSPS) is 12.2. The molecule has 1 unspecified atom stereocenters. The Morgan fingerprint density at radius 2 is 1.61 bits per heavy atom. The molecule has 2 aromatic rings. The number of ether oxygens (including phenoxy) is 1. The molecule has 0 fully saturated rings. The molecule has 2 rings (SSSR count). The van der Waals surface area contributed by atoms with Crippen molar-refractivity contribution in [2.45, 2.75) is 19.3 Å². The number of hydrogen-bond acceptors (Lipinski definition) is 3. The van der Waals surface area contributed by atoms with Crippen LogP contribution in [0.1, 0.15) is 35.2 Å². The monoisotopic (exact) mass is 382 g/mol. The third-order valence-electron chi connectivity index (χ3n) is 4.52. The van der Waals surface area contributed by atoms with E-state index in [-0.39, 0.29) is 5.91 Å². The molecule has 0 radical (unpaired) electrons. The summed E-state index contributed by atoms with van der Waals surface area (Å²) in [6.07, 6.45) is 0.984. The van der Waals surface area contributed by atoms with Crippen molar-refractivity contribution in [3.8, 4) is 5.75 Å². The van der Waals surface area contributed by atoms with Gasteiger partial charge in [0.05, 0.1) is 7.11 Å². The highest BCUT2D eigenvalue weighted by Crippen LogP contribution is 2.21. The Balaban J connectivity index is 1.64. The van der Waals surface area contributed by atoms with Gasteiger partial charge in [-0.05, 0) is 42.2 Å². The Bertz CT molecular complexity index is 745. The van der Waals surface area contributed by atoms with Crippen LogP contribution < -0.4 is 20.7 Å². The Hall–Kier alpha value is -3.02. The van der Waals surface area contributed by atoms with Gasteiger partial charge in [0.15, 0.2) is 5.96 Å². The molecular weight excluding hydrogens is 352 g/mol. The van der Waals surface area contributed by atoms with Crippen molar-refractivity contribution in [3.63, 3.8) is 0 Å². The van der Waals surface area contributed by atoms with Gasteiger partial charge in [0, 0.05) is 32.2 Å². The predicted molar refractivity (Wildman–Crippen MR) is 114 cm³/mol. The smallest absolute Gasteiger partial charge is 0.251 e. The fraction of sp³-hybridized carbons (Fsp3) is 0.364. The quantitative estimate of drug-likeness (QED) is 0.354. The molecule has 0 heterocycles. The maximum Gasteiger partial charge on any atom is 0.251 e. The Morgan fingerprint density at radius 1 is 0.964 bits per heavy atom. The number of carbonyl (C=O) groups is 1. The van der Waals surface area contributed by atoms with E-state index in [4.69, 9.17) is 4.74 Å². The molecule has 0 saturated heterocycles. The number of nitrogens with one attached hydrogen (secondary N) is 3. The van der Waals surface area contributed by atoms with E-state index in [1.54, 1.807) is 26.3 Å². The summed E-state index contributed by atoms with van der Waals surface area (Å²) in [5.74, 6) is 1.97. The minimum absolute atomic E-state index is 0.0707. The van der Waals surface area contributed by atoms with Crippen molar-refractivity contribution >= 4 is 11.9 Å². The minimum atomic E-state index is -0.0707. The third-order valence-corrected chi connectivity index (χ3v) is 4.52. The van der Waals surface area contributed by atoms with E-state index < -0.39 is 0 Å². The molecule has 0 aliphatic rings. The van der Waals surface area contributed by atoms with Crippen LogP contribution in [0.3, 0.4) is 0 Å². The van der Waals surface area contributed by atoms with Gasteiger partial charge in [-0.1, -0.05) is 37.3 Å². The van der Waals surface area contributed by atoms with Crippen molar-refractivity contribution in [1.29, 1.82) is 0 Å². The molecule has 1 amide bonds. The number of benzene rings is 2. The van der Waals surface area contributed by atoms with Gasteiger partial charge in [-0.25, -0.2) is 0 Å². The van der Waals surface area contributed by atoms with E-state index >= 15 is 0 Å². The number of aliphatic imine (C=N–C) groups is 1. The fourth-order valence-electron chi connectivity index (χ4n) is 2.78. The summed E-state index contributed by atoms with van der Waals surface area (Å²) in [4.78, 5) is 16.2. The highest BCUT2D eigenvalue weighted by atomic mass is 16.5. The van der Waals surface area contributed by atoms with E-state index in [1.165, 1.54) is 5.56 Å². The summed E-state index contributed by atoms with van der Waals surface area (Å²) in [5, 5.41) is 9.42. The third kappa shape index (κ3) is 6.95. The zero-order chi connectivity index (χ0) is 20.2. The predicted octanol–water partition coefficient (Wildman–Crippen LogP) is 2.78. The maximum absolute atomic E-state index is 12.0. The minimum Gasteiger partial charge on any atom is -0.497 e. The molecule has 0 saturated carbocycles. The van der Waals surface area contributed by atoms with Crippen LogP contribution in [0.2, 0.25) is 0 Å². The molecule has 0 bridgehead atoms. The summed E-state index contributed by atoms with van der Waals surface area (Å²) in [5.41, 5.74) is 1.95. The molecule has 0 spiro atoms. The Morgan fingerprint density at radius 3 is 2.25 bits per heavy atom. The van der Waals surface area contributed by atoms with E-state index in [0.717, 1.165) is 24.7 Å². The molecule has 1 atom stereocenters. The number of hydrogen-bond donors (Lipinski definition) is 3. The zero-order valence-corrected chi connectivity index (χ0v) is 16.9. The van der Waals surface area contributed by atoms with Crippen LogP contribution in [-0.4, -0.2) is 45.7 Å². The lowest BCUT2D eigenvalue weighted by Crippen LogP contribution is -2.42. The first-order chi connectivity index (χ1) is 13.6. The highest BCUT2D eigenvalue weighted by Gasteiger charge is 2.07. The molecule has 28 heavy (non-hydrogen) atoms. The van der Waals surface area contributed by atoms with E-state index in [0.29, 0.717) is 24.6 Å². The summed E-state index contributed by atoms with van der Waals surface area (Å²) >= 11 is 0. The van der Waals surface area contributed by atoms with Gasteiger partial charge in [0.2, 0.25) is 0 Å². The first kappa shape index (κ1) is 21.3. The second kappa shape index (κ2) is 11.6. The standard InChI is InChI=1S/C22H30N4O2/c1-17(18-9-11-20(28-3)12-10-18)13-14-25-22(23-2)26-16-15-24-21(27)19-7-5-4-6-8-19/h4-12,17H,13-16H2,1-3H3,(H,24,27)(H2,23,25,26). The second-order valence-electron chi connectivity index (χ2n) is 6.51. The first-order valence-corrected chi connectivity index (χ1v) is 9.55. The average molecular weight is 383 g/mol. The Kier molecular flexibility index (Phi) is 8.85. The van der Waals surface area contributed by atoms with Crippen LogP contribution >= 0.6 is 0 Å². The van der Waals surface area contributed by atoms with Gasteiger partial charge >= 0.3 is 0 Å². The number of guanidine groups is 1. The largest absolute Gasteiger partial charge is 0.497 e. The van der Waals surface area contributed by atoms with Crippen LogP contribution in [-0.2, 0) is 0 Å². The fourth-order valence-corrected chi connectivity index (χ4v) is 2.78. The molecular formula is C22H30N4O2. The number of carbonyl (C=O) groups excluding carboxylic acids is 1. The molecule has 6 nitrogen and oxygen atoms in total. The van der Waals surface area contributed by atoms with Gasteiger partial charge in [0.25, 0.3) is 5.91 Å².